The molecule has 0 saturated carbocycles. The molecule has 0 unspecified atom stereocenters. The summed E-state index contributed by atoms with van der Waals surface area (Å²) in [7, 11) is 0. The van der Waals surface area contributed by atoms with Crippen LogP contribution < -0.4 is 0 Å². The van der Waals surface area contributed by atoms with Crippen molar-refractivity contribution in [2.75, 3.05) is 0 Å². The van der Waals surface area contributed by atoms with E-state index in [0.717, 1.165) is 6.07 Å². The maximum absolute atomic E-state index is 10.4. The Morgan fingerprint density at radius 1 is 0.929 bits per heavy atom. The largest absolute Gasteiger partial charge is 0.478 e. The highest BCUT2D eigenvalue weighted by atomic mass is 17.0. The van der Waals surface area contributed by atoms with Crippen molar-refractivity contribution in [3.8, 4) is 0 Å². The summed E-state index contributed by atoms with van der Waals surface area (Å²) in [5.41, 5.74) is -0.0372. The number of carboxylic acid groups (broad SMARTS) is 2. The molecule has 0 atom stereocenters. The molecular weight excluding hydrogens is 192 g/mol. The highest BCUT2D eigenvalue weighted by Crippen LogP contribution is 2.04. The van der Waals surface area contributed by atoms with Gasteiger partial charge in [-0.25, -0.2) is 9.59 Å². The summed E-state index contributed by atoms with van der Waals surface area (Å²) >= 11 is 0. The summed E-state index contributed by atoms with van der Waals surface area (Å²) in [6.07, 6.45) is 0. The summed E-state index contributed by atoms with van der Waals surface area (Å²) in [5.74, 6) is -2.25. The van der Waals surface area contributed by atoms with Crippen LogP contribution in [0.4, 0.5) is 0 Å². The number of hydrogen-bond acceptors (Lipinski definition) is 4. The third kappa shape index (κ3) is 3.21. The molecular formula is C8H8O6. The third-order valence-electron chi connectivity index (χ3n) is 1.36. The Morgan fingerprint density at radius 2 is 1.29 bits per heavy atom. The van der Waals surface area contributed by atoms with E-state index in [-0.39, 0.29) is 11.1 Å². The fourth-order valence-corrected chi connectivity index (χ4v) is 0.785. The lowest BCUT2D eigenvalue weighted by molar-refractivity contribution is -0.176. The van der Waals surface area contributed by atoms with Crippen molar-refractivity contribution in [2.45, 2.75) is 0 Å². The maximum Gasteiger partial charge on any atom is 0.335 e. The molecule has 0 bridgehead atoms. The first-order chi connectivity index (χ1) is 6.61. The molecule has 76 valence electrons. The monoisotopic (exact) mass is 200 g/mol. The van der Waals surface area contributed by atoms with Gasteiger partial charge in [-0.15, -0.1) is 0 Å². The van der Waals surface area contributed by atoms with Gasteiger partial charge >= 0.3 is 11.9 Å². The zero-order valence-electron chi connectivity index (χ0n) is 6.91. The summed E-state index contributed by atoms with van der Waals surface area (Å²) < 4.78 is 0. The van der Waals surface area contributed by atoms with Gasteiger partial charge in [0, 0.05) is 0 Å². The Bertz CT molecular complexity index is 303. The van der Waals surface area contributed by atoms with E-state index in [0.29, 0.717) is 0 Å². The molecule has 1 rings (SSSR count). The standard InChI is InChI=1S/C8H6O4.H2O2/c9-7(10)5-2-1-3-6(4-5)8(11)12;1-2/h1-4H,(H,9,10)(H,11,12);1-2H. The van der Waals surface area contributed by atoms with Crippen LogP contribution >= 0.6 is 0 Å². The number of rotatable bonds is 2. The van der Waals surface area contributed by atoms with Crippen LogP contribution in [0.5, 0.6) is 0 Å². The predicted octanol–water partition coefficient (Wildman–Crippen LogP) is 1.10. The Labute approximate surface area is 78.6 Å². The van der Waals surface area contributed by atoms with Gasteiger partial charge in [0.1, 0.15) is 0 Å². The van der Waals surface area contributed by atoms with Gasteiger partial charge < -0.3 is 10.2 Å². The lowest BCUT2D eigenvalue weighted by Crippen LogP contribution is -2.01. The predicted molar refractivity (Wildman–Crippen MR) is 45.6 cm³/mol. The van der Waals surface area contributed by atoms with E-state index in [2.05, 4.69) is 0 Å². The highest BCUT2D eigenvalue weighted by Gasteiger charge is 2.06. The molecule has 0 aliphatic heterocycles. The summed E-state index contributed by atoms with van der Waals surface area (Å²) in [6.45, 7) is 0. The van der Waals surface area contributed by atoms with Crippen molar-refractivity contribution in [1.82, 2.24) is 0 Å². The SMILES string of the molecule is O=C(O)c1cccc(C(=O)O)c1.OO. The minimum atomic E-state index is -1.13. The molecule has 0 saturated heterocycles. The van der Waals surface area contributed by atoms with Crippen LogP contribution in [-0.4, -0.2) is 32.7 Å². The minimum absolute atomic E-state index is 0.0186. The van der Waals surface area contributed by atoms with Crippen molar-refractivity contribution < 1.29 is 30.3 Å². The van der Waals surface area contributed by atoms with Gasteiger partial charge in [0.2, 0.25) is 0 Å². The topological polar surface area (TPSA) is 115 Å². The van der Waals surface area contributed by atoms with Gasteiger partial charge in [-0.05, 0) is 18.2 Å². The quantitative estimate of drug-likeness (QED) is 0.419. The molecule has 0 spiro atoms. The molecule has 14 heavy (non-hydrogen) atoms. The lowest BCUT2D eigenvalue weighted by Gasteiger charge is -1.95. The van der Waals surface area contributed by atoms with Gasteiger partial charge in [-0.2, -0.15) is 0 Å². The first kappa shape index (κ1) is 12.1. The second-order valence-corrected chi connectivity index (χ2v) is 2.19. The number of carbonyl (C=O) groups is 2. The molecule has 4 N–H and O–H groups in total. The van der Waals surface area contributed by atoms with Crippen LogP contribution in [0.1, 0.15) is 20.7 Å². The number of benzene rings is 1. The Hall–Kier alpha value is -1.92. The molecule has 0 amide bonds. The van der Waals surface area contributed by atoms with E-state index < -0.39 is 11.9 Å². The maximum atomic E-state index is 10.4. The molecule has 1 aromatic carbocycles. The van der Waals surface area contributed by atoms with Crippen molar-refractivity contribution >= 4 is 11.9 Å². The van der Waals surface area contributed by atoms with Gasteiger partial charge in [0.25, 0.3) is 0 Å². The van der Waals surface area contributed by atoms with E-state index in [1.807, 2.05) is 0 Å². The van der Waals surface area contributed by atoms with Crippen LogP contribution in [0.15, 0.2) is 24.3 Å². The van der Waals surface area contributed by atoms with Crippen molar-refractivity contribution in [3.63, 3.8) is 0 Å². The van der Waals surface area contributed by atoms with Crippen LogP contribution in [0, 0.1) is 0 Å². The Morgan fingerprint density at radius 3 is 1.57 bits per heavy atom. The first-order valence-electron chi connectivity index (χ1n) is 3.38. The van der Waals surface area contributed by atoms with Gasteiger partial charge in [-0.3, -0.25) is 10.5 Å². The summed E-state index contributed by atoms with van der Waals surface area (Å²) in [4.78, 5) is 20.8. The van der Waals surface area contributed by atoms with Crippen molar-refractivity contribution in [2.24, 2.45) is 0 Å². The van der Waals surface area contributed by atoms with E-state index >= 15 is 0 Å². The fraction of sp³-hybridized carbons (Fsp3) is 0. The van der Waals surface area contributed by atoms with Gasteiger partial charge in [0.05, 0.1) is 11.1 Å². The average molecular weight is 200 g/mol. The van der Waals surface area contributed by atoms with Crippen LogP contribution in [-0.2, 0) is 0 Å². The lowest BCUT2D eigenvalue weighted by atomic mass is 10.1. The summed E-state index contributed by atoms with van der Waals surface area (Å²) in [6, 6.07) is 5.20. The van der Waals surface area contributed by atoms with Gasteiger partial charge in [-0.1, -0.05) is 6.07 Å². The van der Waals surface area contributed by atoms with Gasteiger partial charge in [0.15, 0.2) is 0 Å². The third-order valence-corrected chi connectivity index (χ3v) is 1.36. The zero-order valence-corrected chi connectivity index (χ0v) is 6.91. The first-order valence-corrected chi connectivity index (χ1v) is 3.38. The second-order valence-electron chi connectivity index (χ2n) is 2.19. The number of aromatic carboxylic acids is 2. The molecule has 0 fully saturated rings. The second kappa shape index (κ2) is 5.68. The highest BCUT2D eigenvalue weighted by molar-refractivity contribution is 5.93. The van der Waals surface area contributed by atoms with Crippen LogP contribution in [0.25, 0.3) is 0 Å². The van der Waals surface area contributed by atoms with E-state index in [9.17, 15) is 9.59 Å². The molecule has 6 nitrogen and oxygen atoms in total. The minimum Gasteiger partial charge on any atom is -0.478 e. The molecule has 0 aliphatic carbocycles. The van der Waals surface area contributed by atoms with E-state index in [1.165, 1.54) is 18.2 Å². The molecule has 6 heteroatoms. The smallest absolute Gasteiger partial charge is 0.335 e. The van der Waals surface area contributed by atoms with Crippen molar-refractivity contribution in [1.29, 1.82) is 0 Å². The summed E-state index contributed by atoms with van der Waals surface area (Å²) in [5, 5.41) is 29.0. The molecule has 0 aliphatic rings. The van der Waals surface area contributed by atoms with Crippen LogP contribution in [0.2, 0.25) is 0 Å². The normalized spacial score (nSPS) is 8.43. The van der Waals surface area contributed by atoms with E-state index in [1.54, 1.807) is 0 Å². The van der Waals surface area contributed by atoms with Crippen molar-refractivity contribution in [3.05, 3.63) is 35.4 Å². The zero-order chi connectivity index (χ0) is 11.1. The number of hydrogen-bond donors (Lipinski definition) is 4. The average Bonchev–Trinajstić information content (AvgIpc) is 2.21. The molecule has 1 aromatic rings. The van der Waals surface area contributed by atoms with Crippen LogP contribution in [0.3, 0.4) is 0 Å². The molecule has 0 aromatic heterocycles. The Balaban J connectivity index is 0.000000791. The fourth-order valence-electron chi connectivity index (χ4n) is 0.785. The number of carboxylic acids is 2. The molecule has 0 radical (unpaired) electrons. The Kier molecular flexibility index (Phi) is 4.90. The van der Waals surface area contributed by atoms with E-state index in [4.69, 9.17) is 20.7 Å². The molecule has 0 heterocycles.